The van der Waals surface area contributed by atoms with Gasteiger partial charge in [0.1, 0.15) is 6.54 Å². The van der Waals surface area contributed by atoms with Crippen molar-refractivity contribution in [3.63, 3.8) is 0 Å². The van der Waals surface area contributed by atoms with Crippen molar-refractivity contribution in [1.29, 1.82) is 0 Å². The second-order valence-electron chi connectivity index (χ2n) is 7.81. The zero-order chi connectivity index (χ0) is 22.3. The molecule has 8 nitrogen and oxygen atoms in total. The summed E-state index contributed by atoms with van der Waals surface area (Å²) in [6.07, 6.45) is 3.88. The molecule has 0 atom stereocenters. The first kappa shape index (κ1) is 26.6. The Kier molecular flexibility index (Phi) is 10.4. The first-order valence-electron chi connectivity index (χ1n) is 11.0. The number of rotatable bonds is 8. The molecule has 1 aliphatic heterocycles. The maximum absolute atomic E-state index is 12.2. The molecule has 0 spiro atoms. The molecule has 3 rings (SSSR count). The maximum atomic E-state index is 12.2. The number of hydrogen-bond donors (Lipinski definition) is 2. The Labute approximate surface area is 208 Å². The van der Waals surface area contributed by atoms with Gasteiger partial charge in [-0.15, -0.1) is 24.0 Å². The van der Waals surface area contributed by atoms with Crippen molar-refractivity contribution in [2.24, 2.45) is 4.99 Å². The number of aryl methyl sites for hydroxylation is 1. The highest BCUT2D eigenvalue weighted by Crippen LogP contribution is 2.21. The topological polar surface area (TPSA) is 99.8 Å². The summed E-state index contributed by atoms with van der Waals surface area (Å²) in [6.45, 7) is 8.09. The van der Waals surface area contributed by atoms with Crippen LogP contribution in [0.2, 0.25) is 0 Å². The average Bonchev–Trinajstić information content (AvgIpc) is 3.22. The van der Waals surface area contributed by atoms with E-state index < -0.39 is 10.0 Å². The standard InChI is InChI=1S/C22H33N5O3S.HI/c1-4-14-31(28,29)27-12-10-19(11-13-27)26-22(23-5-2)25-16-21-24-15-20(30-21)18-8-6-17(3)7-9-18;/h6-9,15,19H,4-5,10-14,16H2,1-3H3,(H2,23,25,26);1H. The first-order valence-corrected chi connectivity index (χ1v) is 12.6. The molecule has 2 heterocycles. The molecule has 178 valence electrons. The first-order chi connectivity index (χ1) is 14.9. The maximum Gasteiger partial charge on any atom is 0.216 e. The number of aliphatic imine (C=N–C) groups is 1. The summed E-state index contributed by atoms with van der Waals surface area (Å²) in [5, 5.41) is 6.67. The van der Waals surface area contributed by atoms with Crippen molar-refractivity contribution in [3.8, 4) is 11.3 Å². The van der Waals surface area contributed by atoms with Gasteiger partial charge >= 0.3 is 0 Å². The van der Waals surface area contributed by atoms with Gasteiger partial charge < -0.3 is 15.1 Å². The third kappa shape index (κ3) is 7.45. The Morgan fingerprint density at radius 1 is 1.22 bits per heavy atom. The lowest BCUT2D eigenvalue weighted by atomic mass is 10.1. The van der Waals surface area contributed by atoms with E-state index >= 15 is 0 Å². The summed E-state index contributed by atoms with van der Waals surface area (Å²) in [6, 6.07) is 8.30. The normalized spacial score (nSPS) is 15.9. The van der Waals surface area contributed by atoms with Gasteiger partial charge in [0.2, 0.25) is 15.9 Å². The fraction of sp³-hybridized carbons (Fsp3) is 0.545. The Balaban J connectivity index is 0.00000363. The summed E-state index contributed by atoms with van der Waals surface area (Å²) in [4.78, 5) is 8.95. The fourth-order valence-corrected chi connectivity index (χ4v) is 5.10. The molecule has 0 radical (unpaired) electrons. The Morgan fingerprint density at radius 3 is 2.53 bits per heavy atom. The Hall–Kier alpha value is -1.66. The lowest BCUT2D eigenvalue weighted by Crippen LogP contribution is -2.50. The fourth-order valence-electron chi connectivity index (χ4n) is 3.56. The van der Waals surface area contributed by atoms with Gasteiger partial charge in [-0.25, -0.2) is 22.7 Å². The van der Waals surface area contributed by atoms with E-state index in [1.165, 1.54) is 5.56 Å². The van der Waals surface area contributed by atoms with Crippen LogP contribution in [-0.4, -0.2) is 55.1 Å². The van der Waals surface area contributed by atoms with Crippen molar-refractivity contribution in [3.05, 3.63) is 41.9 Å². The number of guanidine groups is 1. The average molecular weight is 576 g/mol. The number of oxazole rings is 1. The smallest absolute Gasteiger partial charge is 0.216 e. The summed E-state index contributed by atoms with van der Waals surface area (Å²) in [7, 11) is -3.13. The van der Waals surface area contributed by atoms with Gasteiger partial charge in [-0.3, -0.25) is 0 Å². The third-order valence-corrected chi connectivity index (χ3v) is 7.33. The second-order valence-corrected chi connectivity index (χ2v) is 9.90. The lowest BCUT2D eigenvalue weighted by molar-refractivity contribution is 0.306. The molecule has 0 amide bonds. The molecule has 1 aromatic carbocycles. The molecule has 0 aliphatic carbocycles. The van der Waals surface area contributed by atoms with E-state index in [2.05, 4.69) is 20.6 Å². The van der Waals surface area contributed by atoms with E-state index in [0.717, 1.165) is 30.7 Å². The van der Waals surface area contributed by atoms with Crippen LogP contribution in [0.25, 0.3) is 11.3 Å². The predicted molar refractivity (Wildman–Crippen MR) is 139 cm³/mol. The van der Waals surface area contributed by atoms with E-state index in [9.17, 15) is 8.42 Å². The highest BCUT2D eigenvalue weighted by atomic mass is 127. The monoisotopic (exact) mass is 575 g/mol. The van der Waals surface area contributed by atoms with Crippen LogP contribution in [-0.2, 0) is 16.6 Å². The molecule has 1 aliphatic rings. The number of piperidine rings is 1. The Morgan fingerprint density at radius 2 is 1.91 bits per heavy atom. The molecule has 2 aromatic rings. The highest BCUT2D eigenvalue weighted by molar-refractivity contribution is 14.0. The zero-order valence-electron chi connectivity index (χ0n) is 19.0. The van der Waals surface area contributed by atoms with E-state index in [4.69, 9.17) is 4.42 Å². The van der Waals surface area contributed by atoms with Crippen molar-refractivity contribution < 1.29 is 12.8 Å². The van der Waals surface area contributed by atoms with Gasteiger partial charge in [-0.2, -0.15) is 0 Å². The van der Waals surface area contributed by atoms with Crippen LogP contribution < -0.4 is 10.6 Å². The number of aromatic nitrogens is 1. The van der Waals surface area contributed by atoms with Gasteiger partial charge in [0.25, 0.3) is 0 Å². The Bertz CT molecular complexity index is 968. The second kappa shape index (κ2) is 12.5. The molecule has 1 saturated heterocycles. The van der Waals surface area contributed by atoms with Crippen LogP contribution in [0, 0.1) is 6.92 Å². The lowest BCUT2D eigenvalue weighted by Gasteiger charge is -2.32. The molecular formula is C22H34IN5O3S. The predicted octanol–water partition coefficient (Wildman–Crippen LogP) is 3.53. The van der Waals surface area contributed by atoms with Crippen LogP contribution in [0.4, 0.5) is 0 Å². The minimum Gasteiger partial charge on any atom is -0.439 e. The summed E-state index contributed by atoms with van der Waals surface area (Å²) < 4.78 is 32.0. The molecule has 1 fully saturated rings. The van der Waals surface area contributed by atoms with Crippen LogP contribution in [0.3, 0.4) is 0 Å². The molecule has 0 bridgehead atoms. The van der Waals surface area contributed by atoms with Gasteiger partial charge in [0, 0.05) is 31.2 Å². The number of nitrogens with one attached hydrogen (secondary N) is 2. The quantitative estimate of drug-likeness (QED) is 0.284. The highest BCUT2D eigenvalue weighted by Gasteiger charge is 2.27. The van der Waals surface area contributed by atoms with Gasteiger partial charge in [0.05, 0.1) is 11.9 Å². The van der Waals surface area contributed by atoms with E-state index in [-0.39, 0.29) is 35.8 Å². The molecule has 1 aromatic heterocycles. The van der Waals surface area contributed by atoms with E-state index in [1.54, 1.807) is 10.5 Å². The minimum atomic E-state index is -3.13. The summed E-state index contributed by atoms with van der Waals surface area (Å²) >= 11 is 0. The molecule has 0 saturated carbocycles. The largest absolute Gasteiger partial charge is 0.439 e. The molecule has 32 heavy (non-hydrogen) atoms. The van der Waals surface area contributed by atoms with Crippen molar-refractivity contribution in [2.75, 3.05) is 25.4 Å². The molecule has 10 heteroatoms. The third-order valence-electron chi connectivity index (χ3n) is 5.26. The van der Waals surface area contributed by atoms with Crippen LogP contribution in [0.1, 0.15) is 44.6 Å². The van der Waals surface area contributed by atoms with E-state index in [1.807, 2.05) is 45.0 Å². The van der Waals surface area contributed by atoms with Crippen molar-refractivity contribution in [1.82, 2.24) is 19.9 Å². The number of halogens is 1. The number of benzene rings is 1. The number of nitrogens with zero attached hydrogens (tertiary/aromatic N) is 3. The summed E-state index contributed by atoms with van der Waals surface area (Å²) in [5.41, 5.74) is 2.19. The number of sulfonamides is 1. The van der Waals surface area contributed by atoms with Crippen LogP contribution >= 0.6 is 24.0 Å². The van der Waals surface area contributed by atoms with Gasteiger partial charge in [0.15, 0.2) is 11.7 Å². The molecular weight excluding hydrogens is 541 g/mol. The minimum absolute atomic E-state index is 0. The number of hydrogen-bond acceptors (Lipinski definition) is 5. The van der Waals surface area contributed by atoms with Crippen LogP contribution in [0.15, 0.2) is 39.9 Å². The summed E-state index contributed by atoms with van der Waals surface area (Å²) in [5.74, 6) is 2.18. The van der Waals surface area contributed by atoms with Crippen molar-refractivity contribution in [2.45, 2.75) is 52.6 Å². The molecule has 2 N–H and O–H groups in total. The molecule has 0 unspecified atom stereocenters. The van der Waals surface area contributed by atoms with Crippen molar-refractivity contribution >= 4 is 40.0 Å². The SMILES string of the molecule is CCCS(=O)(=O)N1CCC(NC(=NCc2ncc(-c3ccc(C)cc3)o2)NCC)CC1.I. The van der Waals surface area contributed by atoms with Gasteiger partial charge in [-0.05, 0) is 33.1 Å². The zero-order valence-corrected chi connectivity index (χ0v) is 22.2. The van der Waals surface area contributed by atoms with Crippen LogP contribution in [0.5, 0.6) is 0 Å². The van der Waals surface area contributed by atoms with Gasteiger partial charge in [-0.1, -0.05) is 36.8 Å². The van der Waals surface area contributed by atoms with E-state index in [0.29, 0.717) is 37.9 Å².